The van der Waals surface area contributed by atoms with E-state index in [4.69, 9.17) is 9.47 Å². The van der Waals surface area contributed by atoms with E-state index in [1.807, 2.05) is 12.1 Å². The Morgan fingerprint density at radius 1 is 1.24 bits per heavy atom. The molecule has 0 N–H and O–H groups in total. The van der Waals surface area contributed by atoms with Crippen molar-refractivity contribution >= 4 is 22.6 Å². The van der Waals surface area contributed by atoms with Crippen molar-refractivity contribution in [1.29, 1.82) is 0 Å². The molecule has 0 aliphatic heterocycles. The van der Waals surface area contributed by atoms with E-state index < -0.39 is 0 Å². The zero-order valence-corrected chi connectivity index (χ0v) is 13.2. The van der Waals surface area contributed by atoms with Crippen LogP contribution in [-0.2, 0) is 6.42 Å². The third-order valence-electron chi connectivity index (χ3n) is 2.97. The first kappa shape index (κ1) is 14.6. The largest absolute Gasteiger partial charge is 0.496 e. The summed E-state index contributed by atoms with van der Waals surface area (Å²) in [6.07, 6.45) is 0.913. The Hall–Kier alpha value is -0.490. The molecule has 0 spiro atoms. The monoisotopic (exact) mass is 349 g/mol. The summed E-state index contributed by atoms with van der Waals surface area (Å²) in [5.74, 6) is 1.83. The van der Waals surface area contributed by atoms with Gasteiger partial charge in [-0.1, -0.05) is 0 Å². The van der Waals surface area contributed by atoms with Gasteiger partial charge in [0.25, 0.3) is 0 Å². The van der Waals surface area contributed by atoms with E-state index in [2.05, 4.69) is 48.5 Å². The fourth-order valence-electron chi connectivity index (χ4n) is 1.66. The van der Waals surface area contributed by atoms with Crippen molar-refractivity contribution in [3.8, 4) is 11.5 Å². The van der Waals surface area contributed by atoms with Crippen LogP contribution in [0.2, 0.25) is 0 Å². The van der Waals surface area contributed by atoms with Gasteiger partial charge in [0.15, 0.2) is 0 Å². The molecule has 0 aliphatic rings. The third-order valence-corrected chi connectivity index (χ3v) is 3.82. The summed E-state index contributed by atoms with van der Waals surface area (Å²) in [7, 11) is 7.57. The molecule has 1 aromatic rings. The zero-order chi connectivity index (χ0) is 13.0. The average molecular weight is 349 g/mol. The Balaban J connectivity index is 3.13. The van der Waals surface area contributed by atoms with Gasteiger partial charge in [-0.05, 0) is 62.2 Å². The quantitative estimate of drug-likeness (QED) is 0.763. The molecule has 1 rings (SSSR count). The topological polar surface area (TPSA) is 21.7 Å². The number of rotatable bonds is 5. The maximum atomic E-state index is 5.49. The number of likely N-dealkylation sites (N-methyl/N-ethyl adjacent to an activating group) is 1. The Bertz CT molecular complexity index is 380. The number of nitrogens with zero attached hydrogens (tertiary/aromatic N) is 1. The summed E-state index contributed by atoms with van der Waals surface area (Å²) >= 11 is 2.29. The minimum absolute atomic E-state index is 0.441. The van der Waals surface area contributed by atoms with Gasteiger partial charge < -0.3 is 14.4 Å². The van der Waals surface area contributed by atoms with E-state index in [-0.39, 0.29) is 0 Å². The maximum absolute atomic E-state index is 5.49. The molecule has 17 heavy (non-hydrogen) atoms. The molecule has 1 aromatic carbocycles. The first-order valence-electron chi connectivity index (χ1n) is 5.57. The molecule has 0 saturated heterocycles. The molecule has 0 aliphatic carbocycles. The van der Waals surface area contributed by atoms with Crippen molar-refractivity contribution in [2.24, 2.45) is 0 Å². The van der Waals surface area contributed by atoms with Gasteiger partial charge in [-0.2, -0.15) is 0 Å². The number of hydrogen-bond acceptors (Lipinski definition) is 3. The molecule has 0 amide bonds. The zero-order valence-electron chi connectivity index (χ0n) is 11.1. The summed E-state index contributed by atoms with van der Waals surface area (Å²) in [4.78, 5) is 2.19. The van der Waals surface area contributed by atoms with Gasteiger partial charge >= 0.3 is 0 Å². The molecule has 0 bridgehead atoms. The minimum atomic E-state index is 0.441. The van der Waals surface area contributed by atoms with Crippen molar-refractivity contribution in [3.05, 3.63) is 21.3 Å². The molecule has 1 unspecified atom stereocenters. The summed E-state index contributed by atoms with van der Waals surface area (Å²) in [5, 5.41) is 0. The highest BCUT2D eigenvalue weighted by atomic mass is 127. The lowest BCUT2D eigenvalue weighted by molar-refractivity contribution is 0.303. The Morgan fingerprint density at radius 3 is 2.35 bits per heavy atom. The molecular formula is C13H20INO2. The van der Waals surface area contributed by atoms with Gasteiger partial charge in [-0.15, -0.1) is 0 Å². The van der Waals surface area contributed by atoms with E-state index in [0.717, 1.165) is 27.1 Å². The van der Waals surface area contributed by atoms with E-state index in [1.54, 1.807) is 14.2 Å². The third kappa shape index (κ3) is 3.48. The molecule has 1 atom stereocenters. The average Bonchev–Trinajstić information content (AvgIpc) is 2.29. The Morgan fingerprint density at radius 2 is 1.88 bits per heavy atom. The second-order valence-electron chi connectivity index (χ2n) is 4.28. The lowest BCUT2D eigenvalue weighted by Gasteiger charge is -2.22. The Kier molecular flexibility index (Phi) is 5.52. The second kappa shape index (κ2) is 6.44. The van der Waals surface area contributed by atoms with Crippen LogP contribution in [0.5, 0.6) is 11.5 Å². The lowest BCUT2D eigenvalue weighted by atomic mass is 10.0. The van der Waals surface area contributed by atoms with Crippen molar-refractivity contribution in [1.82, 2.24) is 4.90 Å². The molecule has 96 valence electrons. The second-order valence-corrected chi connectivity index (χ2v) is 5.44. The van der Waals surface area contributed by atoms with Crippen LogP contribution in [0.25, 0.3) is 0 Å². The standard InChI is InChI=1S/C13H20INO2/c1-9(15(2)3)8-10-12(16-4)7-6-11(14)13(10)17-5/h6-7,9H,8H2,1-5H3. The highest BCUT2D eigenvalue weighted by Gasteiger charge is 2.17. The summed E-state index contributed by atoms with van der Waals surface area (Å²) in [6.45, 7) is 2.19. The smallest absolute Gasteiger partial charge is 0.139 e. The fraction of sp³-hybridized carbons (Fsp3) is 0.538. The van der Waals surface area contributed by atoms with E-state index in [1.165, 1.54) is 0 Å². The molecule has 3 nitrogen and oxygen atoms in total. The van der Waals surface area contributed by atoms with Crippen LogP contribution in [0.15, 0.2) is 12.1 Å². The van der Waals surface area contributed by atoms with E-state index in [9.17, 15) is 0 Å². The number of ether oxygens (including phenoxy) is 2. The van der Waals surface area contributed by atoms with E-state index >= 15 is 0 Å². The van der Waals surface area contributed by atoms with Gasteiger partial charge in [0.05, 0.1) is 17.8 Å². The van der Waals surface area contributed by atoms with Gasteiger partial charge in [0, 0.05) is 11.6 Å². The van der Waals surface area contributed by atoms with Crippen molar-refractivity contribution in [2.45, 2.75) is 19.4 Å². The first-order chi connectivity index (χ1) is 8.01. The summed E-state index contributed by atoms with van der Waals surface area (Å²) in [6, 6.07) is 4.46. The SMILES string of the molecule is COc1ccc(I)c(OC)c1CC(C)N(C)C. The predicted octanol–water partition coefficient (Wildman–Crippen LogP) is 2.80. The number of benzene rings is 1. The molecule has 0 saturated carbocycles. The Labute approximate surface area is 117 Å². The van der Waals surface area contributed by atoms with Crippen molar-refractivity contribution < 1.29 is 9.47 Å². The van der Waals surface area contributed by atoms with Crippen molar-refractivity contribution in [2.75, 3.05) is 28.3 Å². The number of halogens is 1. The van der Waals surface area contributed by atoms with Crippen LogP contribution in [0, 0.1) is 3.57 Å². The normalized spacial score (nSPS) is 12.6. The number of methoxy groups -OCH3 is 2. The highest BCUT2D eigenvalue weighted by molar-refractivity contribution is 14.1. The van der Waals surface area contributed by atoms with Crippen LogP contribution in [0.3, 0.4) is 0 Å². The van der Waals surface area contributed by atoms with Crippen LogP contribution in [0.4, 0.5) is 0 Å². The first-order valence-corrected chi connectivity index (χ1v) is 6.64. The van der Waals surface area contributed by atoms with Crippen LogP contribution < -0.4 is 9.47 Å². The molecular weight excluding hydrogens is 329 g/mol. The highest BCUT2D eigenvalue weighted by Crippen LogP contribution is 2.34. The van der Waals surface area contributed by atoms with Crippen LogP contribution in [0.1, 0.15) is 12.5 Å². The lowest BCUT2D eigenvalue weighted by Crippen LogP contribution is -2.27. The maximum Gasteiger partial charge on any atom is 0.139 e. The predicted molar refractivity (Wildman–Crippen MR) is 79.1 cm³/mol. The van der Waals surface area contributed by atoms with Crippen LogP contribution in [-0.4, -0.2) is 39.3 Å². The summed E-state index contributed by atoms with van der Waals surface area (Å²) in [5.41, 5.74) is 1.14. The van der Waals surface area contributed by atoms with Gasteiger partial charge in [0.2, 0.25) is 0 Å². The molecule has 4 heteroatoms. The minimum Gasteiger partial charge on any atom is -0.496 e. The van der Waals surface area contributed by atoms with E-state index in [0.29, 0.717) is 6.04 Å². The number of hydrogen-bond donors (Lipinski definition) is 0. The van der Waals surface area contributed by atoms with Gasteiger partial charge in [-0.25, -0.2) is 0 Å². The van der Waals surface area contributed by atoms with Gasteiger partial charge in [0.1, 0.15) is 11.5 Å². The van der Waals surface area contributed by atoms with Crippen molar-refractivity contribution in [3.63, 3.8) is 0 Å². The molecule has 0 radical (unpaired) electrons. The molecule has 0 heterocycles. The summed E-state index contributed by atoms with van der Waals surface area (Å²) < 4.78 is 12.0. The molecule has 0 fully saturated rings. The van der Waals surface area contributed by atoms with Gasteiger partial charge in [-0.3, -0.25) is 0 Å². The van der Waals surface area contributed by atoms with Crippen LogP contribution >= 0.6 is 22.6 Å². The molecule has 0 aromatic heterocycles. The fourth-order valence-corrected chi connectivity index (χ4v) is 2.39.